The van der Waals surface area contributed by atoms with Crippen molar-refractivity contribution in [3.8, 4) is 0 Å². The van der Waals surface area contributed by atoms with Crippen LogP contribution in [0.4, 0.5) is 52.7 Å². The molecule has 1 atom stereocenters. The van der Waals surface area contributed by atoms with Gasteiger partial charge in [0.25, 0.3) is 0 Å². The number of aliphatic carboxylic acids is 1. The molecule has 24 heavy (non-hydrogen) atoms. The summed E-state index contributed by atoms with van der Waals surface area (Å²) in [7, 11) is 0. The van der Waals surface area contributed by atoms with Gasteiger partial charge in [-0.05, 0) is 0 Å². The highest BCUT2D eigenvalue weighted by molar-refractivity contribution is 5.88. The molecule has 0 bridgehead atoms. The Morgan fingerprint density at radius 2 is 1.25 bits per heavy atom. The Bertz CT molecular complexity index is 506. The Kier molecular flexibility index (Phi) is 5.61. The molecule has 0 aliphatic rings. The van der Waals surface area contributed by atoms with E-state index < -0.39 is 54.0 Å². The lowest BCUT2D eigenvalue weighted by Gasteiger charge is -2.37. The second kappa shape index (κ2) is 6.02. The lowest BCUT2D eigenvalue weighted by molar-refractivity contribution is -0.370. The fourth-order valence-corrected chi connectivity index (χ4v) is 1.26. The van der Waals surface area contributed by atoms with E-state index in [9.17, 15) is 57.5 Å². The smallest absolute Gasteiger partial charge is 0.392 e. The predicted octanol–water partition coefficient (Wildman–Crippen LogP) is 4.46. The van der Waals surface area contributed by atoms with Crippen LogP contribution < -0.4 is 0 Å². The van der Waals surface area contributed by atoms with E-state index in [0.29, 0.717) is 0 Å². The van der Waals surface area contributed by atoms with Crippen LogP contribution in [0, 0.1) is 0 Å². The molecule has 0 aromatic rings. The third-order valence-electron chi connectivity index (χ3n) is 2.65. The lowest BCUT2D eigenvalue weighted by atomic mass is 9.91. The van der Waals surface area contributed by atoms with E-state index in [1.807, 2.05) is 6.58 Å². The van der Waals surface area contributed by atoms with E-state index in [1.54, 1.807) is 0 Å². The standard InChI is InChI=1S/C10H6F12O2/c1-3(5(23)24)7(15,16)9(19,20)10(21,22)8(17,18)4(11)2-6(12,13)14/h4H,1-2H2,(H,23,24). The van der Waals surface area contributed by atoms with Gasteiger partial charge in [0.15, 0.2) is 6.17 Å². The molecule has 0 fully saturated rings. The molecule has 0 amide bonds. The van der Waals surface area contributed by atoms with Crippen LogP contribution in [0.1, 0.15) is 6.42 Å². The van der Waals surface area contributed by atoms with E-state index in [2.05, 4.69) is 0 Å². The highest BCUT2D eigenvalue weighted by Gasteiger charge is 2.83. The molecule has 0 rings (SSSR count). The molecule has 0 heterocycles. The summed E-state index contributed by atoms with van der Waals surface area (Å²) in [5, 5.41) is 8.04. The summed E-state index contributed by atoms with van der Waals surface area (Å²) in [4.78, 5) is 10.1. The van der Waals surface area contributed by atoms with Crippen LogP contribution in [-0.2, 0) is 4.79 Å². The van der Waals surface area contributed by atoms with Crippen molar-refractivity contribution in [2.24, 2.45) is 0 Å². The first-order valence-electron chi connectivity index (χ1n) is 5.38. The van der Waals surface area contributed by atoms with E-state index >= 15 is 0 Å². The molecule has 1 N–H and O–H groups in total. The maximum atomic E-state index is 13.1. The van der Waals surface area contributed by atoms with Crippen molar-refractivity contribution < 1.29 is 62.6 Å². The number of hydrogen-bond donors (Lipinski definition) is 1. The predicted molar refractivity (Wildman–Crippen MR) is 52.1 cm³/mol. The molecule has 0 saturated carbocycles. The number of halogens is 12. The summed E-state index contributed by atoms with van der Waals surface area (Å²) in [6.45, 7) is 1.81. The number of hydrogen-bond acceptors (Lipinski definition) is 1. The zero-order chi connectivity index (χ0) is 19.9. The summed E-state index contributed by atoms with van der Waals surface area (Å²) < 4.78 is 153. The van der Waals surface area contributed by atoms with Gasteiger partial charge in [-0.3, -0.25) is 0 Å². The Morgan fingerprint density at radius 3 is 1.54 bits per heavy atom. The first kappa shape index (κ1) is 22.4. The fourth-order valence-electron chi connectivity index (χ4n) is 1.26. The Labute approximate surface area is 124 Å². The SMILES string of the molecule is C=C(C(=O)O)C(F)(F)C(F)(F)C(F)(F)C(F)(F)C(F)CC(F)(F)F. The number of carbonyl (C=O) groups is 1. The molecule has 0 aromatic carbocycles. The summed E-state index contributed by atoms with van der Waals surface area (Å²) >= 11 is 0. The van der Waals surface area contributed by atoms with Crippen LogP contribution in [0.3, 0.4) is 0 Å². The number of alkyl halides is 12. The van der Waals surface area contributed by atoms with Crippen molar-refractivity contribution >= 4 is 5.97 Å². The van der Waals surface area contributed by atoms with Crippen molar-refractivity contribution in [2.75, 3.05) is 0 Å². The van der Waals surface area contributed by atoms with Crippen LogP contribution in [0.5, 0.6) is 0 Å². The highest BCUT2D eigenvalue weighted by atomic mass is 19.4. The maximum Gasteiger partial charge on any atom is 0.392 e. The van der Waals surface area contributed by atoms with Crippen LogP contribution in [-0.4, -0.2) is 47.1 Å². The van der Waals surface area contributed by atoms with Gasteiger partial charge in [0.2, 0.25) is 0 Å². The summed E-state index contributed by atoms with van der Waals surface area (Å²) in [6.07, 6.45) is -14.2. The van der Waals surface area contributed by atoms with Crippen LogP contribution in [0.15, 0.2) is 12.2 Å². The van der Waals surface area contributed by atoms with Crippen molar-refractivity contribution in [3.05, 3.63) is 12.2 Å². The van der Waals surface area contributed by atoms with Crippen molar-refractivity contribution in [2.45, 2.75) is 42.5 Å². The van der Waals surface area contributed by atoms with Crippen LogP contribution >= 0.6 is 0 Å². The average Bonchev–Trinajstić information content (AvgIpc) is 2.34. The minimum atomic E-state index is -7.38. The molecule has 0 radical (unpaired) electrons. The Balaban J connectivity index is 6.00. The maximum absolute atomic E-state index is 13.1. The zero-order valence-electron chi connectivity index (χ0n) is 10.9. The molecule has 0 aliphatic heterocycles. The molecule has 0 aliphatic carbocycles. The van der Waals surface area contributed by atoms with Crippen molar-refractivity contribution in [3.63, 3.8) is 0 Å². The summed E-state index contributed by atoms with van der Waals surface area (Å²) in [5.41, 5.74) is -2.95. The van der Waals surface area contributed by atoms with Gasteiger partial charge in [-0.2, -0.15) is 48.3 Å². The van der Waals surface area contributed by atoms with Gasteiger partial charge in [0, 0.05) is 0 Å². The molecule has 0 saturated heterocycles. The van der Waals surface area contributed by atoms with Crippen LogP contribution in [0.2, 0.25) is 0 Å². The molecule has 14 heteroatoms. The number of carboxylic acid groups (broad SMARTS) is 1. The monoisotopic (exact) mass is 386 g/mol. The number of rotatable bonds is 7. The molecular weight excluding hydrogens is 380 g/mol. The fraction of sp³-hybridized carbons (Fsp3) is 0.700. The Morgan fingerprint density at radius 1 is 0.875 bits per heavy atom. The van der Waals surface area contributed by atoms with Gasteiger partial charge in [-0.1, -0.05) is 6.58 Å². The van der Waals surface area contributed by atoms with Crippen molar-refractivity contribution in [1.82, 2.24) is 0 Å². The number of carboxylic acids is 1. The third-order valence-corrected chi connectivity index (χ3v) is 2.65. The summed E-state index contributed by atoms with van der Waals surface area (Å²) in [6, 6.07) is 0. The first-order valence-corrected chi connectivity index (χ1v) is 5.38. The molecule has 1 unspecified atom stereocenters. The lowest BCUT2D eigenvalue weighted by Crippen LogP contribution is -2.65. The molecule has 142 valence electrons. The quantitative estimate of drug-likeness (QED) is 0.518. The van der Waals surface area contributed by atoms with E-state index in [0.717, 1.165) is 0 Å². The second-order valence-corrected chi connectivity index (χ2v) is 4.42. The van der Waals surface area contributed by atoms with Crippen molar-refractivity contribution in [1.29, 1.82) is 0 Å². The minimum absolute atomic E-state index is 1.81. The van der Waals surface area contributed by atoms with E-state index in [4.69, 9.17) is 5.11 Å². The zero-order valence-corrected chi connectivity index (χ0v) is 10.9. The Hall–Kier alpha value is -1.63. The van der Waals surface area contributed by atoms with Gasteiger partial charge in [-0.15, -0.1) is 0 Å². The minimum Gasteiger partial charge on any atom is -0.478 e. The van der Waals surface area contributed by atoms with Gasteiger partial charge < -0.3 is 5.11 Å². The van der Waals surface area contributed by atoms with Crippen LogP contribution in [0.25, 0.3) is 0 Å². The highest BCUT2D eigenvalue weighted by Crippen LogP contribution is 2.56. The van der Waals surface area contributed by atoms with Gasteiger partial charge >= 0.3 is 35.8 Å². The molecule has 2 nitrogen and oxygen atoms in total. The topological polar surface area (TPSA) is 37.3 Å². The largest absolute Gasteiger partial charge is 0.478 e. The van der Waals surface area contributed by atoms with Gasteiger partial charge in [0.1, 0.15) is 5.57 Å². The van der Waals surface area contributed by atoms with E-state index in [1.165, 1.54) is 0 Å². The summed E-state index contributed by atoms with van der Waals surface area (Å²) in [5.74, 6) is -31.1. The second-order valence-electron chi connectivity index (χ2n) is 4.42. The average molecular weight is 386 g/mol. The van der Waals surface area contributed by atoms with Gasteiger partial charge in [-0.25, -0.2) is 9.18 Å². The van der Waals surface area contributed by atoms with E-state index in [-0.39, 0.29) is 0 Å². The molecule has 0 aromatic heterocycles. The molecule has 0 spiro atoms. The van der Waals surface area contributed by atoms with Gasteiger partial charge in [0.05, 0.1) is 6.42 Å². The molecular formula is C10H6F12O2. The first-order chi connectivity index (χ1) is 10.2. The third kappa shape index (κ3) is 3.55. The normalized spacial score (nSPS) is 16.0.